The van der Waals surface area contributed by atoms with Crippen LogP contribution in [0.4, 0.5) is 8.78 Å². The largest absolute Gasteiger partial charge is 0.488 e. The van der Waals surface area contributed by atoms with Crippen molar-refractivity contribution < 1.29 is 32.6 Å². The number of benzene rings is 2. The Balaban J connectivity index is 1.38. The number of para-hydroxylation sites is 1. The lowest BCUT2D eigenvalue weighted by molar-refractivity contribution is -0.126. The Morgan fingerprint density at radius 2 is 1.98 bits per heavy atom. The predicted octanol–water partition coefficient (Wildman–Crippen LogP) is 4.20. The number of carbonyl (C=O) groups excluding carboxylic acids is 3. The van der Waals surface area contributed by atoms with Crippen LogP contribution in [0.15, 0.2) is 54.6 Å². The van der Waals surface area contributed by atoms with Gasteiger partial charge in [0.2, 0.25) is 5.91 Å². The standard InChI is InChI=1S/C29H28F2N4O5/c30-29(31)40-26-11-5-9-22-21(26)14-23(34-22)28(38)35-16-20(39-19-7-2-1-3-8-19)13-24(35)27(37)33-18(15-32)12-17-6-4-10-25(17)36/h1-3,5,7-9,11,14,17-18,20,24,29,34H,4,6,10,12-13,16H2,(H,33,37)/t17?,18-,20-,24-/m0/s1. The second-order valence-corrected chi connectivity index (χ2v) is 10.0. The maximum atomic E-state index is 13.7. The molecule has 4 atom stereocenters. The van der Waals surface area contributed by atoms with Crippen LogP contribution in [0.2, 0.25) is 0 Å². The number of H-pyrrole nitrogens is 1. The molecular weight excluding hydrogens is 522 g/mol. The molecule has 1 saturated carbocycles. The highest BCUT2D eigenvalue weighted by molar-refractivity contribution is 6.01. The lowest BCUT2D eigenvalue weighted by Crippen LogP contribution is -2.49. The smallest absolute Gasteiger partial charge is 0.387 e. The van der Waals surface area contributed by atoms with Gasteiger partial charge in [-0.15, -0.1) is 0 Å². The summed E-state index contributed by atoms with van der Waals surface area (Å²) in [4.78, 5) is 43.5. The summed E-state index contributed by atoms with van der Waals surface area (Å²) in [5.41, 5.74) is 0.511. The van der Waals surface area contributed by atoms with Crippen molar-refractivity contribution in [2.75, 3.05) is 6.54 Å². The Morgan fingerprint density at radius 1 is 1.18 bits per heavy atom. The number of hydrogen-bond donors (Lipinski definition) is 2. The summed E-state index contributed by atoms with van der Waals surface area (Å²) in [6.45, 7) is -2.95. The van der Waals surface area contributed by atoms with Crippen molar-refractivity contribution in [2.24, 2.45) is 5.92 Å². The zero-order valence-corrected chi connectivity index (χ0v) is 21.5. The third-order valence-corrected chi connectivity index (χ3v) is 7.37. The maximum Gasteiger partial charge on any atom is 0.387 e. The molecule has 11 heteroatoms. The van der Waals surface area contributed by atoms with Gasteiger partial charge in [-0.2, -0.15) is 14.0 Å². The van der Waals surface area contributed by atoms with Crippen molar-refractivity contribution in [2.45, 2.75) is 56.9 Å². The Labute approximate surface area is 229 Å². The van der Waals surface area contributed by atoms with Gasteiger partial charge in [0.1, 0.15) is 41.2 Å². The van der Waals surface area contributed by atoms with Gasteiger partial charge in [-0.25, -0.2) is 0 Å². The molecule has 5 rings (SSSR count). The van der Waals surface area contributed by atoms with Crippen molar-refractivity contribution in [3.8, 4) is 17.6 Å². The molecule has 40 heavy (non-hydrogen) atoms. The lowest BCUT2D eigenvalue weighted by atomic mass is 9.98. The summed E-state index contributed by atoms with van der Waals surface area (Å²) >= 11 is 0. The number of fused-ring (bicyclic) bond motifs is 1. The van der Waals surface area contributed by atoms with Crippen molar-refractivity contribution in [3.05, 3.63) is 60.3 Å². The predicted molar refractivity (Wildman–Crippen MR) is 140 cm³/mol. The lowest BCUT2D eigenvalue weighted by Gasteiger charge is -2.24. The van der Waals surface area contributed by atoms with Gasteiger partial charge in [-0.05, 0) is 49.6 Å². The minimum atomic E-state index is -3.03. The van der Waals surface area contributed by atoms with Gasteiger partial charge in [0.05, 0.1) is 12.6 Å². The Morgan fingerprint density at radius 3 is 2.67 bits per heavy atom. The molecule has 208 valence electrons. The molecule has 1 saturated heterocycles. The molecule has 1 unspecified atom stereocenters. The maximum absolute atomic E-state index is 13.7. The topological polar surface area (TPSA) is 125 Å². The highest BCUT2D eigenvalue weighted by Gasteiger charge is 2.42. The normalized spacial score (nSPS) is 21.4. The van der Waals surface area contributed by atoms with Crippen LogP contribution < -0.4 is 14.8 Å². The molecule has 0 bridgehead atoms. The van der Waals surface area contributed by atoms with Crippen LogP contribution >= 0.6 is 0 Å². The number of nitrogens with one attached hydrogen (secondary N) is 2. The number of ether oxygens (including phenoxy) is 2. The first-order chi connectivity index (χ1) is 19.3. The van der Waals surface area contributed by atoms with Gasteiger partial charge in [0.25, 0.3) is 5.91 Å². The fraction of sp³-hybridized carbons (Fsp3) is 0.379. The summed E-state index contributed by atoms with van der Waals surface area (Å²) in [7, 11) is 0. The number of ketones is 1. The van der Waals surface area contributed by atoms with E-state index in [9.17, 15) is 28.4 Å². The van der Waals surface area contributed by atoms with E-state index in [0.29, 0.717) is 29.5 Å². The van der Waals surface area contributed by atoms with Crippen LogP contribution in [-0.4, -0.2) is 58.8 Å². The molecule has 2 aromatic carbocycles. The van der Waals surface area contributed by atoms with Gasteiger partial charge >= 0.3 is 6.61 Å². The van der Waals surface area contributed by atoms with Crippen LogP contribution in [0.1, 0.15) is 42.6 Å². The number of likely N-dealkylation sites (tertiary alicyclic amines) is 1. The highest BCUT2D eigenvalue weighted by Crippen LogP contribution is 2.31. The number of aromatic nitrogens is 1. The zero-order chi connectivity index (χ0) is 28.2. The third kappa shape index (κ3) is 5.91. The first-order valence-electron chi connectivity index (χ1n) is 13.1. The van der Waals surface area contributed by atoms with Crippen LogP contribution in [0.5, 0.6) is 11.5 Å². The number of alkyl halides is 2. The van der Waals surface area contributed by atoms with Crippen molar-refractivity contribution in [3.63, 3.8) is 0 Å². The number of Topliss-reactive ketones (excluding diaryl/α,β-unsaturated/α-hetero) is 1. The quantitative estimate of drug-likeness (QED) is 0.412. The average molecular weight is 551 g/mol. The van der Waals surface area contributed by atoms with E-state index in [4.69, 9.17) is 4.74 Å². The number of aromatic amines is 1. The molecule has 1 aliphatic carbocycles. The van der Waals surface area contributed by atoms with E-state index >= 15 is 0 Å². The summed E-state index contributed by atoms with van der Waals surface area (Å²) in [6, 6.07) is 15.2. The number of nitriles is 1. The van der Waals surface area contributed by atoms with Gasteiger partial charge < -0.3 is 24.7 Å². The van der Waals surface area contributed by atoms with E-state index in [2.05, 4.69) is 21.1 Å². The van der Waals surface area contributed by atoms with E-state index in [-0.39, 0.29) is 42.5 Å². The van der Waals surface area contributed by atoms with E-state index < -0.39 is 36.6 Å². The molecule has 2 aliphatic rings. The van der Waals surface area contributed by atoms with Crippen LogP contribution in [0.25, 0.3) is 10.9 Å². The molecule has 2 amide bonds. The second kappa shape index (κ2) is 11.7. The molecule has 3 aromatic rings. The molecule has 2 fully saturated rings. The minimum absolute atomic E-state index is 0.0814. The van der Waals surface area contributed by atoms with Crippen molar-refractivity contribution in [1.82, 2.24) is 15.2 Å². The van der Waals surface area contributed by atoms with Crippen molar-refractivity contribution in [1.29, 1.82) is 5.26 Å². The zero-order valence-electron chi connectivity index (χ0n) is 21.5. The monoisotopic (exact) mass is 550 g/mol. The van der Waals surface area contributed by atoms with Gasteiger partial charge in [0, 0.05) is 29.7 Å². The highest BCUT2D eigenvalue weighted by atomic mass is 19.3. The molecule has 0 radical (unpaired) electrons. The van der Waals surface area contributed by atoms with Crippen LogP contribution in [-0.2, 0) is 9.59 Å². The summed E-state index contributed by atoms with van der Waals surface area (Å²) in [5.74, 6) is -0.730. The number of amides is 2. The van der Waals surface area contributed by atoms with Crippen LogP contribution in [0, 0.1) is 17.2 Å². The molecule has 1 aliphatic heterocycles. The number of carbonyl (C=O) groups is 3. The molecule has 2 N–H and O–H groups in total. The van der Waals surface area contributed by atoms with Crippen molar-refractivity contribution >= 4 is 28.5 Å². The fourth-order valence-corrected chi connectivity index (χ4v) is 5.48. The first-order valence-corrected chi connectivity index (χ1v) is 13.1. The number of nitrogens with zero attached hydrogens (tertiary/aromatic N) is 2. The second-order valence-electron chi connectivity index (χ2n) is 10.0. The molecule has 0 spiro atoms. The Bertz CT molecular complexity index is 1440. The first kappa shape index (κ1) is 27.1. The van der Waals surface area contributed by atoms with Gasteiger partial charge in [0.15, 0.2) is 0 Å². The SMILES string of the molecule is N#C[C@H](CC1CCCC1=O)NC(=O)[C@@H]1C[C@H](Oc2ccccc2)CN1C(=O)c1cc2c(OC(F)F)cccc2[nH]1. The number of halogens is 2. The molecular formula is C29H28F2N4O5. The Hall–Kier alpha value is -4.46. The molecule has 1 aromatic heterocycles. The van der Waals surface area contributed by atoms with E-state index in [1.165, 1.54) is 23.1 Å². The summed E-state index contributed by atoms with van der Waals surface area (Å²) in [5, 5.41) is 12.7. The van der Waals surface area contributed by atoms with E-state index in [1.807, 2.05) is 18.2 Å². The number of rotatable bonds is 9. The Kier molecular flexibility index (Phi) is 7.96. The molecule has 9 nitrogen and oxygen atoms in total. The van der Waals surface area contributed by atoms with Gasteiger partial charge in [-0.3, -0.25) is 14.4 Å². The van der Waals surface area contributed by atoms with E-state index in [0.717, 1.165) is 6.42 Å². The molecule has 2 heterocycles. The summed E-state index contributed by atoms with van der Waals surface area (Å²) in [6.07, 6.45) is 1.82. The minimum Gasteiger partial charge on any atom is -0.488 e. The number of hydrogen-bond acceptors (Lipinski definition) is 6. The summed E-state index contributed by atoms with van der Waals surface area (Å²) < 4.78 is 36.4. The fourth-order valence-electron chi connectivity index (χ4n) is 5.48. The van der Waals surface area contributed by atoms with Crippen LogP contribution in [0.3, 0.4) is 0 Å². The third-order valence-electron chi connectivity index (χ3n) is 7.37. The van der Waals surface area contributed by atoms with E-state index in [1.54, 1.807) is 18.2 Å². The van der Waals surface area contributed by atoms with Gasteiger partial charge in [-0.1, -0.05) is 24.3 Å². The average Bonchev–Trinajstić information content (AvgIpc) is 3.67.